The van der Waals surface area contributed by atoms with Crippen molar-refractivity contribution >= 4 is 57.9 Å². The van der Waals surface area contributed by atoms with Crippen molar-refractivity contribution in [3.63, 3.8) is 0 Å². The molecule has 5 atom stereocenters. The Labute approximate surface area is 269 Å². The van der Waals surface area contributed by atoms with E-state index in [4.69, 9.17) is 26.1 Å². The van der Waals surface area contributed by atoms with Crippen LogP contribution in [0.5, 0.6) is 5.75 Å². The molecule has 0 amide bonds. The summed E-state index contributed by atoms with van der Waals surface area (Å²) in [6.45, 7) is 0. The number of carbonyl (C=O) groups excluding carboxylic acids is 1. The molecule has 0 bridgehead atoms. The molecule has 0 unspecified atom stereocenters. The molecule has 16 heteroatoms. The smallest absolute Gasteiger partial charge is 0.481 e. The SMILES string of the molecule is COC(=O)[C@H]1O[C@@H](N(c2ccc(OC(F)(F)F)cc2)c2ccc3cc4c(c(Cl)c3n2)CC4)[C@H](CC(=O)O)[C@@H](CC(=O)O)[C@@H]1CC(=O)O. The fourth-order valence-corrected chi connectivity index (χ4v) is 6.73. The minimum atomic E-state index is -4.99. The van der Waals surface area contributed by atoms with Crippen molar-refractivity contribution in [1.82, 2.24) is 4.98 Å². The number of carbonyl (C=O) groups is 4. The van der Waals surface area contributed by atoms with Crippen LogP contribution >= 0.6 is 11.6 Å². The summed E-state index contributed by atoms with van der Waals surface area (Å²) in [6, 6.07) is 9.58. The van der Waals surface area contributed by atoms with Gasteiger partial charge in [0.05, 0.1) is 30.5 Å². The number of rotatable bonds is 11. The van der Waals surface area contributed by atoms with Gasteiger partial charge in [0.15, 0.2) is 6.10 Å². The second-order valence-corrected chi connectivity index (χ2v) is 11.6. The molecule has 3 N–H and O–H groups in total. The van der Waals surface area contributed by atoms with Gasteiger partial charge in [-0.3, -0.25) is 19.3 Å². The molecule has 47 heavy (non-hydrogen) atoms. The Kier molecular flexibility index (Phi) is 9.50. The van der Waals surface area contributed by atoms with Crippen LogP contribution in [0.4, 0.5) is 24.7 Å². The summed E-state index contributed by atoms with van der Waals surface area (Å²) in [4.78, 5) is 55.3. The van der Waals surface area contributed by atoms with E-state index in [1.54, 1.807) is 6.07 Å². The van der Waals surface area contributed by atoms with Gasteiger partial charge in [-0.2, -0.15) is 0 Å². The van der Waals surface area contributed by atoms with Gasteiger partial charge in [0.2, 0.25) is 0 Å². The first-order chi connectivity index (χ1) is 22.2. The van der Waals surface area contributed by atoms with Crippen molar-refractivity contribution in [2.75, 3.05) is 12.0 Å². The molecule has 3 aromatic rings. The second-order valence-electron chi connectivity index (χ2n) is 11.2. The average molecular weight is 681 g/mol. The maximum atomic E-state index is 13.1. The standard InChI is InChI=1S/C31H28ClF3N2O10/c1-45-30(44)28-20(12-24(40)41)19(11-23(38)39)21(13-25(42)43)29(46-28)37(16-4-6-17(7-5-16)47-31(33,34)35)22-9-3-15-10-14-2-8-18(14)26(32)27(15)36-22/h3-7,9-10,19-21,28-29H,2,8,11-13H2,1H3,(H,38,39)(H,40,41)(H,42,43)/t19-,20-,21+,28-,29+/m0/s1. The number of halogens is 4. The van der Waals surface area contributed by atoms with Crippen LogP contribution in [0, 0.1) is 17.8 Å². The van der Waals surface area contributed by atoms with Crippen molar-refractivity contribution in [2.45, 2.75) is 50.8 Å². The van der Waals surface area contributed by atoms with E-state index >= 15 is 0 Å². The van der Waals surface area contributed by atoms with Gasteiger partial charge in [0.25, 0.3) is 0 Å². The lowest BCUT2D eigenvalue weighted by molar-refractivity contribution is -0.274. The van der Waals surface area contributed by atoms with E-state index < -0.39 is 85.3 Å². The number of hydrogen-bond donors (Lipinski definition) is 3. The highest BCUT2D eigenvalue weighted by Crippen LogP contribution is 2.46. The summed E-state index contributed by atoms with van der Waals surface area (Å²) in [7, 11) is 1.02. The third kappa shape index (κ3) is 7.20. The molecule has 250 valence electrons. The fourth-order valence-electron chi connectivity index (χ4n) is 6.36. The number of methoxy groups -OCH3 is 1. The van der Waals surface area contributed by atoms with E-state index in [0.717, 1.165) is 43.2 Å². The van der Waals surface area contributed by atoms with Gasteiger partial charge in [0.1, 0.15) is 17.8 Å². The number of carboxylic acid groups (broad SMARTS) is 3. The topological polar surface area (TPSA) is 173 Å². The van der Waals surface area contributed by atoms with Gasteiger partial charge in [-0.05, 0) is 72.4 Å². The zero-order chi connectivity index (χ0) is 34.2. The van der Waals surface area contributed by atoms with E-state index in [0.29, 0.717) is 15.9 Å². The van der Waals surface area contributed by atoms with Gasteiger partial charge in [-0.1, -0.05) is 11.6 Å². The molecule has 0 spiro atoms. The summed E-state index contributed by atoms with van der Waals surface area (Å²) < 4.78 is 53.9. The lowest BCUT2D eigenvalue weighted by atomic mass is 9.70. The van der Waals surface area contributed by atoms with Crippen LogP contribution in [-0.4, -0.2) is 70.0 Å². The molecule has 0 radical (unpaired) electrons. The molecule has 1 fully saturated rings. The molecule has 5 rings (SSSR count). The van der Waals surface area contributed by atoms with Gasteiger partial charge in [-0.15, -0.1) is 13.2 Å². The number of esters is 1. The third-order valence-corrected chi connectivity index (χ3v) is 8.81. The molecular weight excluding hydrogens is 653 g/mol. The third-order valence-electron chi connectivity index (χ3n) is 8.40. The monoisotopic (exact) mass is 680 g/mol. The molecule has 1 aromatic heterocycles. The second kappa shape index (κ2) is 13.2. The van der Waals surface area contributed by atoms with E-state index in [1.165, 1.54) is 23.1 Å². The van der Waals surface area contributed by atoms with E-state index in [9.17, 15) is 47.7 Å². The number of aromatic nitrogens is 1. The summed E-state index contributed by atoms with van der Waals surface area (Å²) >= 11 is 6.71. The van der Waals surface area contributed by atoms with E-state index in [-0.39, 0.29) is 11.5 Å². The van der Waals surface area contributed by atoms with Crippen LogP contribution in [0.25, 0.3) is 10.9 Å². The number of aryl methyl sites for hydroxylation is 1. The Morgan fingerprint density at radius 2 is 1.55 bits per heavy atom. The number of pyridine rings is 1. The summed E-state index contributed by atoms with van der Waals surface area (Å²) in [5.41, 5.74) is 2.41. The number of fused-ring (bicyclic) bond motifs is 2. The zero-order valence-electron chi connectivity index (χ0n) is 24.6. The van der Waals surface area contributed by atoms with Crippen molar-refractivity contribution in [3.8, 4) is 5.75 Å². The van der Waals surface area contributed by atoms with E-state index in [2.05, 4.69) is 4.74 Å². The maximum Gasteiger partial charge on any atom is 0.573 e. The molecule has 0 saturated carbocycles. The Morgan fingerprint density at radius 1 is 0.936 bits per heavy atom. The number of hydrogen-bond acceptors (Lipinski definition) is 9. The van der Waals surface area contributed by atoms with E-state index in [1.807, 2.05) is 6.07 Å². The summed E-state index contributed by atoms with van der Waals surface area (Å²) in [5.74, 6) is -9.57. The predicted octanol–water partition coefficient (Wildman–Crippen LogP) is 5.19. The highest BCUT2D eigenvalue weighted by atomic mass is 35.5. The molecule has 2 aliphatic rings. The maximum absolute atomic E-state index is 13.1. The summed E-state index contributed by atoms with van der Waals surface area (Å²) in [5, 5.41) is 30.5. The molecule has 12 nitrogen and oxygen atoms in total. The highest BCUT2D eigenvalue weighted by Gasteiger charge is 2.53. The minimum absolute atomic E-state index is 0.0675. The minimum Gasteiger partial charge on any atom is -0.481 e. The number of ether oxygens (including phenoxy) is 3. The molecule has 2 aromatic carbocycles. The Hall–Kier alpha value is -4.63. The normalized spacial score (nSPS) is 22.1. The lowest BCUT2D eigenvalue weighted by Gasteiger charge is -2.49. The molecule has 1 aliphatic heterocycles. The van der Waals surface area contributed by atoms with Gasteiger partial charge >= 0.3 is 30.2 Å². The first-order valence-corrected chi connectivity index (χ1v) is 14.7. The number of benzene rings is 2. The molecule has 2 heterocycles. The number of nitrogens with zero attached hydrogens (tertiary/aromatic N) is 2. The lowest BCUT2D eigenvalue weighted by Crippen LogP contribution is -2.57. The first kappa shape index (κ1) is 33.7. The van der Waals surface area contributed by atoms with Crippen molar-refractivity contribution in [1.29, 1.82) is 0 Å². The molecule has 1 saturated heterocycles. The highest BCUT2D eigenvalue weighted by molar-refractivity contribution is 6.36. The largest absolute Gasteiger partial charge is 0.573 e. The average Bonchev–Trinajstić information content (AvgIpc) is 2.96. The molecule has 1 aliphatic carbocycles. The predicted molar refractivity (Wildman–Crippen MR) is 157 cm³/mol. The number of anilines is 2. The zero-order valence-corrected chi connectivity index (χ0v) is 25.3. The van der Waals surface area contributed by atoms with Crippen LogP contribution in [0.15, 0.2) is 42.5 Å². The number of alkyl halides is 3. The van der Waals surface area contributed by atoms with Crippen LogP contribution in [-0.2, 0) is 41.5 Å². The van der Waals surface area contributed by atoms with Crippen LogP contribution in [0.1, 0.15) is 30.4 Å². The van der Waals surface area contributed by atoms with Crippen LogP contribution in [0.3, 0.4) is 0 Å². The summed E-state index contributed by atoms with van der Waals surface area (Å²) in [6.07, 6.45) is -8.86. The Balaban J connectivity index is 1.72. The number of aliphatic carboxylic acids is 3. The Bertz CT molecular complexity index is 1720. The van der Waals surface area contributed by atoms with Crippen LogP contribution < -0.4 is 9.64 Å². The van der Waals surface area contributed by atoms with Gasteiger partial charge in [-0.25, -0.2) is 9.78 Å². The Morgan fingerprint density at radius 3 is 2.11 bits per heavy atom. The fraction of sp³-hybridized carbons (Fsp3) is 0.387. The quantitative estimate of drug-likeness (QED) is 0.227. The van der Waals surface area contributed by atoms with Crippen molar-refractivity contribution in [2.24, 2.45) is 17.8 Å². The first-order valence-electron chi connectivity index (χ1n) is 14.3. The van der Waals surface area contributed by atoms with Crippen LogP contribution in [0.2, 0.25) is 5.02 Å². The van der Waals surface area contributed by atoms with Crippen molar-refractivity contribution < 1.29 is 61.9 Å². The van der Waals surface area contributed by atoms with Gasteiger partial charge in [0, 0.05) is 29.3 Å². The van der Waals surface area contributed by atoms with Crippen molar-refractivity contribution in [3.05, 3.63) is 58.6 Å². The molecular formula is C31H28ClF3N2O10. The number of carboxylic acids is 3. The van der Waals surface area contributed by atoms with Gasteiger partial charge < -0.3 is 29.5 Å².